The van der Waals surface area contributed by atoms with Crippen molar-refractivity contribution < 1.29 is 51.5 Å². The maximum absolute atomic E-state index is 12.9. The van der Waals surface area contributed by atoms with Crippen LogP contribution in [-0.4, -0.2) is 29.0 Å². The zero-order valence-electron chi connectivity index (χ0n) is 17.1. The Hall–Kier alpha value is -2.16. The molecule has 2 unspecified atom stereocenters. The third-order valence-corrected chi connectivity index (χ3v) is 7.72. The Morgan fingerprint density at radius 2 is 1.06 bits per heavy atom. The van der Waals surface area contributed by atoms with Crippen LogP contribution in [0.5, 0.6) is 0 Å². The molecule has 0 saturated heterocycles. The lowest BCUT2D eigenvalue weighted by Crippen LogP contribution is -2.31. The summed E-state index contributed by atoms with van der Waals surface area (Å²) in [6.07, 6.45) is -11.4. The first kappa shape index (κ1) is 26.4. The Morgan fingerprint density at radius 3 is 1.41 bits per heavy atom. The van der Waals surface area contributed by atoms with Crippen molar-refractivity contribution in [2.45, 2.75) is 60.0 Å². The molecule has 14 heteroatoms. The fourth-order valence-electron chi connectivity index (χ4n) is 3.40. The van der Waals surface area contributed by atoms with Gasteiger partial charge in [-0.3, -0.25) is 8.37 Å². The highest BCUT2D eigenvalue weighted by atomic mass is 32.2. The normalized spacial score (nSPS) is 20.3. The van der Waals surface area contributed by atoms with Crippen molar-refractivity contribution in [3.63, 3.8) is 0 Å². The fraction of sp³-hybridized carbons (Fsp3) is 0.400. The molecule has 0 bridgehead atoms. The second-order valence-corrected chi connectivity index (χ2v) is 10.7. The molecule has 0 aromatic heterocycles. The van der Waals surface area contributed by atoms with Gasteiger partial charge in [0.1, 0.15) is 0 Å². The van der Waals surface area contributed by atoms with E-state index < -0.39 is 65.7 Å². The van der Waals surface area contributed by atoms with Crippen LogP contribution in [0.25, 0.3) is 0 Å². The molecule has 1 aliphatic carbocycles. The summed E-state index contributed by atoms with van der Waals surface area (Å²) >= 11 is 0. The van der Waals surface area contributed by atoms with Gasteiger partial charge in [-0.2, -0.15) is 43.2 Å². The van der Waals surface area contributed by atoms with Crippen molar-refractivity contribution in [1.29, 1.82) is 0 Å². The number of benzene rings is 2. The monoisotopic (exact) mass is 532 g/mol. The van der Waals surface area contributed by atoms with Gasteiger partial charge >= 0.3 is 12.4 Å². The average Bonchev–Trinajstić information content (AvgIpc) is 2.72. The van der Waals surface area contributed by atoms with E-state index in [1.165, 1.54) is 0 Å². The highest BCUT2D eigenvalue weighted by molar-refractivity contribution is 7.87. The van der Waals surface area contributed by atoms with Crippen LogP contribution in [0.15, 0.2) is 58.3 Å². The SMILES string of the molecule is O=S(=O)(OC1CCCC(OS(=O)(=O)c2cccc(C(F)(F)F)c2)C1)c1cccc(C(F)(F)F)c1. The van der Waals surface area contributed by atoms with Crippen LogP contribution in [-0.2, 0) is 41.0 Å². The minimum Gasteiger partial charge on any atom is -0.263 e. The topological polar surface area (TPSA) is 86.7 Å². The zero-order chi connectivity index (χ0) is 25.4. The standard InChI is InChI=1S/C20H18F6O6S2/c21-19(22,23)13-4-1-8-17(10-13)33(27,28)31-15-6-3-7-16(12-15)32-34(29,30)18-9-2-5-14(11-18)20(24,25)26/h1-2,4-5,8-11,15-16H,3,6-7,12H2. The molecule has 1 aliphatic rings. The minimum atomic E-state index is -4.77. The Bertz CT molecular complexity index is 1140. The van der Waals surface area contributed by atoms with E-state index in [1.807, 2.05) is 0 Å². The Kier molecular flexibility index (Phi) is 7.37. The van der Waals surface area contributed by atoms with E-state index in [0.717, 1.165) is 24.3 Å². The van der Waals surface area contributed by atoms with Crippen LogP contribution < -0.4 is 0 Å². The van der Waals surface area contributed by atoms with Gasteiger partial charge in [0.2, 0.25) is 0 Å². The molecule has 2 aromatic carbocycles. The second-order valence-electron chi connectivity index (χ2n) is 7.56. The van der Waals surface area contributed by atoms with E-state index in [4.69, 9.17) is 8.37 Å². The molecule has 34 heavy (non-hydrogen) atoms. The summed E-state index contributed by atoms with van der Waals surface area (Å²) in [5.41, 5.74) is -2.37. The first-order chi connectivity index (χ1) is 15.6. The molecule has 6 nitrogen and oxygen atoms in total. The summed E-state index contributed by atoms with van der Waals surface area (Å²) in [5.74, 6) is 0. The molecule has 0 radical (unpaired) electrons. The summed E-state index contributed by atoms with van der Waals surface area (Å²) < 4.78 is 137. The molecule has 1 fully saturated rings. The van der Waals surface area contributed by atoms with Crippen molar-refractivity contribution >= 4 is 20.2 Å². The van der Waals surface area contributed by atoms with Crippen LogP contribution in [0, 0.1) is 0 Å². The number of hydrogen-bond acceptors (Lipinski definition) is 6. The predicted octanol–water partition coefficient (Wildman–Crippen LogP) is 5.15. The first-order valence-corrected chi connectivity index (χ1v) is 12.6. The molecule has 0 amide bonds. The van der Waals surface area contributed by atoms with Crippen molar-refractivity contribution in [1.82, 2.24) is 0 Å². The van der Waals surface area contributed by atoms with Crippen molar-refractivity contribution in [3.8, 4) is 0 Å². The number of halogens is 6. The number of rotatable bonds is 6. The Balaban J connectivity index is 1.72. The first-order valence-electron chi connectivity index (χ1n) is 9.79. The fourth-order valence-corrected chi connectivity index (χ4v) is 5.72. The summed E-state index contributed by atoms with van der Waals surface area (Å²) in [6, 6.07) is 5.92. The van der Waals surface area contributed by atoms with Crippen LogP contribution >= 0.6 is 0 Å². The van der Waals surface area contributed by atoms with E-state index >= 15 is 0 Å². The lowest BCUT2D eigenvalue weighted by molar-refractivity contribution is -0.138. The molecule has 2 aromatic rings. The van der Waals surface area contributed by atoms with E-state index in [-0.39, 0.29) is 25.7 Å². The van der Waals surface area contributed by atoms with Crippen molar-refractivity contribution in [2.75, 3.05) is 0 Å². The molecule has 2 atom stereocenters. The lowest BCUT2D eigenvalue weighted by atomic mass is 9.95. The van der Waals surface area contributed by atoms with Crippen LogP contribution in [0.3, 0.4) is 0 Å². The maximum atomic E-state index is 12.9. The third-order valence-electron chi connectivity index (χ3n) is 5.00. The van der Waals surface area contributed by atoms with Gasteiger partial charge < -0.3 is 0 Å². The maximum Gasteiger partial charge on any atom is 0.416 e. The van der Waals surface area contributed by atoms with Gasteiger partial charge in [-0.15, -0.1) is 0 Å². The molecular formula is C20H18F6O6S2. The van der Waals surface area contributed by atoms with Gasteiger partial charge in [0.25, 0.3) is 20.2 Å². The van der Waals surface area contributed by atoms with Gasteiger partial charge in [-0.05, 0) is 55.7 Å². The van der Waals surface area contributed by atoms with E-state index in [0.29, 0.717) is 24.3 Å². The summed E-state index contributed by atoms with van der Waals surface area (Å²) in [7, 11) is -9.23. The molecule has 0 heterocycles. The van der Waals surface area contributed by atoms with Crippen LogP contribution in [0.2, 0.25) is 0 Å². The summed E-state index contributed by atoms with van der Waals surface area (Å²) in [4.78, 5) is -1.44. The lowest BCUT2D eigenvalue weighted by Gasteiger charge is -2.28. The highest BCUT2D eigenvalue weighted by Crippen LogP contribution is 2.34. The smallest absolute Gasteiger partial charge is 0.263 e. The van der Waals surface area contributed by atoms with Gasteiger partial charge in [0.15, 0.2) is 0 Å². The highest BCUT2D eigenvalue weighted by Gasteiger charge is 2.35. The van der Waals surface area contributed by atoms with Crippen molar-refractivity contribution in [3.05, 3.63) is 59.7 Å². The molecule has 0 aliphatic heterocycles. The van der Waals surface area contributed by atoms with Crippen molar-refractivity contribution in [2.24, 2.45) is 0 Å². The average molecular weight is 532 g/mol. The second kappa shape index (κ2) is 9.47. The largest absolute Gasteiger partial charge is 0.416 e. The van der Waals surface area contributed by atoms with Gasteiger partial charge in [0.05, 0.1) is 33.1 Å². The number of hydrogen-bond donors (Lipinski definition) is 0. The number of alkyl halides is 6. The van der Waals surface area contributed by atoms with Crippen LogP contribution in [0.1, 0.15) is 36.8 Å². The predicted molar refractivity (Wildman–Crippen MR) is 105 cm³/mol. The molecule has 3 rings (SSSR count). The van der Waals surface area contributed by atoms with Gasteiger partial charge in [-0.25, -0.2) is 0 Å². The minimum absolute atomic E-state index is 0.154. The Labute approximate surface area is 191 Å². The summed E-state index contributed by atoms with van der Waals surface area (Å²) in [5, 5.41) is 0. The van der Waals surface area contributed by atoms with Gasteiger partial charge in [-0.1, -0.05) is 12.1 Å². The molecular weight excluding hydrogens is 514 g/mol. The quantitative estimate of drug-likeness (QED) is 0.378. The van der Waals surface area contributed by atoms with E-state index in [2.05, 4.69) is 0 Å². The summed E-state index contributed by atoms with van der Waals surface area (Å²) in [6.45, 7) is 0. The third kappa shape index (κ3) is 6.49. The Morgan fingerprint density at radius 1 is 0.676 bits per heavy atom. The van der Waals surface area contributed by atoms with E-state index in [1.54, 1.807) is 0 Å². The molecule has 188 valence electrons. The zero-order valence-corrected chi connectivity index (χ0v) is 18.8. The van der Waals surface area contributed by atoms with Gasteiger partial charge in [0, 0.05) is 6.42 Å². The molecule has 1 saturated carbocycles. The van der Waals surface area contributed by atoms with Crippen LogP contribution in [0.4, 0.5) is 26.3 Å². The van der Waals surface area contributed by atoms with E-state index in [9.17, 15) is 43.2 Å². The molecule has 0 spiro atoms. The molecule has 0 N–H and O–H groups in total.